The first-order valence-electron chi connectivity index (χ1n) is 5.15. The first-order chi connectivity index (χ1) is 8.58. The molecule has 96 valence electrons. The highest BCUT2D eigenvalue weighted by Gasteiger charge is 2.15. The molecular formula is C11H11F2N3O2. The Kier molecular flexibility index (Phi) is 3.52. The molecule has 2 aromatic rings. The normalized spacial score (nSPS) is 12.7. The molecule has 0 spiro atoms. The molecule has 1 unspecified atom stereocenters. The van der Waals surface area contributed by atoms with E-state index in [1.54, 1.807) is 7.05 Å². The summed E-state index contributed by atoms with van der Waals surface area (Å²) < 4.78 is 29.6. The van der Waals surface area contributed by atoms with Crippen LogP contribution in [0.1, 0.15) is 17.4 Å². The molecule has 0 amide bonds. The SMILES string of the molecule is Cn1nncc1C(O)c1ccc(OC(F)F)cc1. The monoisotopic (exact) mass is 255 g/mol. The number of aliphatic hydroxyl groups excluding tert-OH is 1. The number of benzene rings is 1. The van der Waals surface area contributed by atoms with E-state index < -0.39 is 12.7 Å². The van der Waals surface area contributed by atoms with Gasteiger partial charge in [-0.15, -0.1) is 5.10 Å². The number of aromatic nitrogens is 3. The predicted octanol–water partition coefficient (Wildman–Crippen LogP) is 1.50. The maximum absolute atomic E-state index is 12.0. The Balaban J connectivity index is 2.17. The largest absolute Gasteiger partial charge is 0.435 e. The van der Waals surface area contributed by atoms with Gasteiger partial charge in [0.25, 0.3) is 0 Å². The van der Waals surface area contributed by atoms with E-state index in [2.05, 4.69) is 15.0 Å². The Morgan fingerprint density at radius 2 is 1.94 bits per heavy atom. The smallest absolute Gasteiger partial charge is 0.387 e. The van der Waals surface area contributed by atoms with E-state index in [9.17, 15) is 13.9 Å². The van der Waals surface area contributed by atoms with Gasteiger partial charge >= 0.3 is 6.61 Å². The third-order valence-electron chi connectivity index (χ3n) is 2.45. The van der Waals surface area contributed by atoms with Gasteiger partial charge in [0.2, 0.25) is 0 Å². The summed E-state index contributed by atoms with van der Waals surface area (Å²) in [6.45, 7) is -2.86. The lowest BCUT2D eigenvalue weighted by molar-refractivity contribution is -0.0498. The topological polar surface area (TPSA) is 60.2 Å². The average Bonchev–Trinajstić information content (AvgIpc) is 2.75. The van der Waals surface area contributed by atoms with Gasteiger partial charge in [0, 0.05) is 7.05 Å². The number of hydrogen-bond acceptors (Lipinski definition) is 4. The average molecular weight is 255 g/mol. The van der Waals surface area contributed by atoms with Gasteiger partial charge in [0.1, 0.15) is 11.9 Å². The van der Waals surface area contributed by atoms with Crippen LogP contribution in [0.5, 0.6) is 5.75 Å². The maximum Gasteiger partial charge on any atom is 0.387 e. The second-order valence-electron chi connectivity index (χ2n) is 3.63. The summed E-state index contributed by atoms with van der Waals surface area (Å²) in [7, 11) is 1.65. The van der Waals surface area contributed by atoms with Crippen molar-refractivity contribution in [1.82, 2.24) is 15.0 Å². The third kappa shape index (κ3) is 2.62. The molecule has 1 atom stereocenters. The van der Waals surface area contributed by atoms with Crippen molar-refractivity contribution in [2.75, 3.05) is 0 Å². The highest BCUT2D eigenvalue weighted by molar-refractivity contribution is 5.31. The molecule has 1 N–H and O–H groups in total. The quantitative estimate of drug-likeness (QED) is 0.899. The zero-order chi connectivity index (χ0) is 13.1. The molecule has 0 bridgehead atoms. The number of aliphatic hydroxyl groups is 1. The summed E-state index contributed by atoms with van der Waals surface area (Å²) in [4.78, 5) is 0. The van der Waals surface area contributed by atoms with Crippen molar-refractivity contribution in [3.05, 3.63) is 41.7 Å². The second-order valence-corrected chi connectivity index (χ2v) is 3.63. The second kappa shape index (κ2) is 5.09. The van der Waals surface area contributed by atoms with E-state index in [-0.39, 0.29) is 5.75 Å². The standard InChI is InChI=1S/C11H11F2N3O2/c1-16-9(6-14-15-16)10(17)7-2-4-8(5-3-7)18-11(12)13/h2-6,10-11,17H,1H3. The Bertz CT molecular complexity index is 513. The van der Waals surface area contributed by atoms with E-state index in [0.29, 0.717) is 11.3 Å². The van der Waals surface area contributed by atoms with Gasteiger partial charge in [-0.1, -0.05) is 17.3 Å². The molecule has 0 saturated carbocycles. The zero-order valence-electron chi connectivity index (χ0n) is 9.49. The number of nitrogens with zero attached hydrogens (tertiary/aromatic N) is 3. The van der Waals surface area contributed by atoms with Crippen LogP contribution < -0.4 is 4.74 Å². The van der Waals surface area contributed by atoms with Crippen molar-refractivity contribution in [3.8, 4) is 5.75 Å². The minimum Gasteiger partial charge on any atom is -0.435 e. The molecule has 5 nitrogen and oxygen atoms in total. The van der Waals surface area contributed by atoms with Gasteiger partial charge in [-0.25, -0.2) is 4.68 Å². The van der Waals surface area contributed by atoms with Crippen LogP contribution in [0.4, 0.5) is 8.78 Å². The van der Waals surface area contributed by atoms with Crippen LogP contribution in [-0.2, 0) is 7.05 Å². The highest BCUT2D eigenvalue weighted by Crippen LogP contribution is 2.23. The van der Waals surface area contributed by atoms with E-state index >= 15 is 0 Å². The van der Waals surface area contributed by atoms with E-state index in [0.717, 1.165) is 0 Å². The first-order valence-corrected chi connectivity index (χ1v) is 5.15. The summed E-state index contributed by atoms with van der Waals surface area (Å²) in [5.41, 5.74) is 1.06. The third-order valence-corrected chi connectivity index (χ3v) is 2.45. The van der Waals surface area contributed by atoms with Gasteiger partial charge in [-0.05, 0) is 17.7 Å². The van der Waals surface area contributed by atoms with Crippen molar-refractivity contribution in [2.24, 2.45) is 7.05 Å². The predicted molar refractivity (Wildman–Crippen MR) is 58.1 cm³/mol. The van der Waals surface area contributed by atoms with E-state index in [1.165, 1.54) is 35.1 Å². The van der Waals surface area contributed by atoms with Crippen molar-refractivity contribution >= 4 is 0 Å². The molecule has 18 heavy (non-hydrogen) atoms. The van der Waals surface area contributed by atoms with Crippen LogP contribution in [-0.4, -0.2) is 26.7 Å². The molecule has 0 aliphatic carbocycles. The lowest BCUT2D eigenvalue weighted by Gasteiger charge is -2.11. The number of aryl methyl sites for hydroxylation is 1. The maximum atomic E-state index is 12.0. The van der Waals surface area contributed by atoms with Crippen LogP contribution >= 0.6 is 0 Å². The van der Waals surface area contributed by atoms with Crippen molar-refractivity contribution in [3.63, 3.8) is 0 Å². The number of alkyl halides is 2. The Labute approximate surface area is 102 Å². The molecule has 0 aliphatic rings. The van der Waals surface area contributed by atoms with Crippen LogP contribution in [0.25, 0.3) is 0 Å². The molecule has 0 aliphatic heterocycles. The summed E-state index contributed by atoms with van der Waals surface area (Å²) in [6.07, 6.45) is 0.527. The van der Waals surface area contributed by atoms with Crippen molar-refractivity contribution in [1.29, 1.82) is 0 Å². The summed E-state index contributed by atoms with van der Waals surface area (Å²) >= 11 is 0. The van der Waals surface area contributed by atoms with Crippen LogP contribution in [0, 0.1) is 0 Å². The van der Waals surface area contributed by atoms with Gasteiger partial charge in [-0.3, -0.25) is 0 Å². The molecule has 0 saturated heterocycles. The number of rotatable bonds is 4. The lowest BCUT2D eigenvalue weighted by atomic mass is 10.1. The molecule has 2 rings (SSSR count). The number of ether oxygens (including phenoxy) is 1. The van der Waals surface area contributed by atoms with Crippen molar-refractivity contribution < 1.29 is 18.6 Å². The summed E-state index contributed by atoms with van der Waals surface area (Å²) in [6, 6.07) is 5.76. The Hall–Kier alpha value is -2.02. The van der Waals surface area contributed by atoms with Crippen LogP contribution in [0.2, 0.25) is 0 Å². The van der Waals surface area contributed by atoms with Gasteiger partial charge in [0.15, 0.2) is 0 Å². The van der Waals surface area contributed by atoms with Gasteiger partial charge in [0.05, 0.1) is 11.9 Å². The van der Waals surface area contributed by atoms with Gasteiger partial charge < -0.3 is 9.84 Å². The molecule has 1 aromatic heterocycles. The number of halogens is 2. The minimum absolute atomic E-state index is 0.0454. The molecule has 1 heterocycles. The highest BCUT2D eigenvalue weighted by atomic mass is 19.3. The molecule has 7 heteroatoms. The van der Waals surface area contributed by atoms with E-state index in [4.69, 9.17) is 0 Å². The summed E-state index contributed by atoms with van der Waals surface area (Å²) in [5.74, 6) is 0.0454. The number of hydrogen-bond donors (Lipinski definition) is 1. The molecule has 0 fully saturated rings. The molecule has 1 aromatic carbocycles. The molecular weight excluding hydrogens is 244 g/mol. The van der Waals surface area contributed by atoms with Crippen LogP contribution in [0.15, 0.2) is 30.5 Å². The van der Waals surface area contributed by atoms with Gasteiger partial charge in [-0.2, -0.15) is 8.78 Å². The first kappa shape index (κ1) is 12.4. The van der Waals surface area contributed by atoms with Crippen LogP contribution in [0.3, 0.4) is 0 Å². The Morgan fingerprint density at radius 3 is 2.44 bits per heavy atom. The Morgan fingerprint density at radius 1 is 1.28 bits per heavy atom. The van der Waals surface area contributed by atoms with E-state index in [1.807, 2.05) is 0 Å². The van der Waals surface area contributed by atoms with Crippen molar-refractivity contribution in [2.45, 2.75) is 12.7 Å². The fourth-order valence-corrected chi connectivity index (χ4v) is 1.55. The summed E-state index contributed by atoms with van der Waals surface area (Å²) in [5, 5.41) is 17.4. The molecule has 0 radical (unpaired) electrons. The zero-order valence-corrected chi connectivity index (χ0v) is 9.49. The minimum atomic E-state index is -2.86. The fourth-order valence-electron chi connectivity index (χ4n) is 1.55. The lowest BCUT2D eigenvalue weighted by Crippen LogP contribution is -2.07. The fraction of sp³-hybridized carbons (Fsp3) is 0.273.